The van der Waals surface area contributed by atoms with Crippen LogP contribution >= 0.6 is 0 Å². The SMILES string of the molecule is COc1ccc2c(c1)C(=O)C(c1ccccc1)(N1CCN(Cc3ccccc3)CC1)C2=O. The summed E-state index contributed by atoms with van der Waals surface area (Å²) in [5.41, 5.74) is 1.62. The molecule has 0 aromatic heterocycles. The van der Waals surface area contributed by atoms with E-state index in [9.17, 15) is 9.59 Å². The lowest BCUT2D eigenvalue weighted by Gasteiger charge is -2.44. The van der Waals surface area contributed by atoms with Gasteiger partial charge in [-0.1, -0.05) is 60.7 Å². The number of benzene rings is 3. The lowest BCUT2D eigenvalue weighted by molar-refractivity contribution is 0.0279. The Balaban J connectivity index is 1.48. The fourth-order valence-corrected chi connectivity index (χ4v) is 5.02. The van der Waals surface area contributed by atoms with Crippen LogP contribution in [-0.2, 0) is 12.1 Å². The van der Waals surface area contributed by atoms with Crippen molar-refractivity contribution in [3.8, 4) is 5.75 Å². The highest BCUT2D eigenvalue weighted by molar-refractivity contribution is 6.33. The van der Waals surface area contributed by atoms with Gasteiger partial charge in [-0.3, -0.25) is 19.4 Å². The molecular weight excluding hydrogens is 400 g/mol. The van der Waals surface area contributed by atoms with Gasteiger partial charge in [-0.15, -0.1) is 0 Å². The molecule has 1 atom stereocenters. The van der Waals surface area contributed by atoms with E-state index in [4.69, 9.17) is 4.74 Å². The minimum Gasteiger partial charge on any atom is -0.497 e. The summed E-state index contributed by atoms with van der Waals surface area (Å²) < 4.78 is 5.33. The third-order valence-electron chi connectivity index (χ3n) is 6.66. The van der Waals surface area contributed by atoms with Crippen LogP contribution in [0.1, 0.15) is 31.8 Å². The highest BCUT2D eigenvalue weighted by Crippen LogP contribution is 2.43. The Morgan fingerprint density at radius 1 is 0.781 bits per heavy atom. The maximum Gasteiger partial charge on any atom is 0.196 e. The van der Waals surface area contributed by atoms with E-state index in [0.717, 1.165) is 25.2 Å². The van der Waals surface area contributed by atoms with E-state index in [2.05, 4.69) is 34.1 Å². The lowest BCUT2D eigenvalue weighted by atomic mass is 9.82. The minimum atomic E-state index is -1.31. The first-order valence-electron chi connectivity index (χ1n) is 11.0. The number of hydrogen-bond acceptors (Lipinski definition) is 5. The van der Waals surface area contributed by atoms with Crippen molar-refractivity contribution in [3.05, 3.63) is 101 Å². The van der Waals surface area contributed by atoms with Crippen LogP contribution in [0.4, 0.5) is 0 Å². The molecule has 2 aliphatic rings. The van der Waals surface area contributed by atoms with Gasteiger partial charge in [0.05, 0.1) is 7.11 Å². The first-order chi connectivity index (χ1) is 15.6. The van der Waals surface area contributed by atoms with Crippen LogP contribution in [0, 0.1) is 0 Å². The normalized spacial score (nSPS) is 21.5. The predicted octanol–water partition coefficient (Wildman–Crippen LogP) is 3.79. The van der Waals surface area contributed by atoms with Crippen molar-refractivity contribution in [1.82, 2.24) is 9.80 Å². The van der Waals surface area contributed by atoms with E-state index in [1.165, 1.54) is 5.56 Å². The van der Waals surface area contributed by atoms with Crippen LogP contribution in [0.15, 0.2) is 78.9 Å². The maximum atomic E-state index is 13.9. The maximum absolute atomic E-state index is 13.9. The van der Waals surface area contributed by atoms with E-state index < -0.39 is 5.54 Å². The molecule has 1 aliphatic carbocycles. The average Bonchev–Trinajstić information content (AvgIpc) is 3.07. The van der Waals surface area contributed by atoms with Crippen molar-refractivity contribution in [2.24, 2.45) is 0 Å². The standard InChI is InChI=1S/C27H26N2O3/c1-32-22-12-13-23-24(18-22)26(31)27(25(23)30,21-10-6-3-7-11-21)29-16-14-28(15-17-29)19-20-8-4-2-5-9-20/h2-13,18H,14-17,19H2,1H3. The third kappa shape index (κ3) is 3.25. The van der Waals surface area contributed by atoms with Crippen molar-refractivity contribution in [2.45, 2.75) is 12.1 Å². The zero-order chi connectivity index (χ0) is 22.1. The van der Waals surface area contributed by atoms with Gasteiger partial charge in [0, 0.05) is 43.9 Å². The Morgan fingerprint density at radius 2 is 1.41 bits per heavy atom. The van der Waals surface area contributed by atoms with Gasteiger partial charge < -0.3 is 4.74 Å². The summed E-state index contributed by atoms with van der Waals surface area (Å²) in [6.45, 7) is 3.74. The molecule has 1 fully saturated rings. The Kier molecular flexibility index (Phi) is 5.37. The molecule has 1 saturated heterocycles. The number of fused-ring (bicyclic) bond motifs is 1. The van der Waals surface area contributed by atoms with Crippen LogP contribution in [0.3, 0.4) is 0 Å². The van der Waals surface area contributed by atoms with Gasteiger partial charge in [-0.05, 0) is 29.3 Å². The smallest absolute Gasteiger partial charge is 0.196 e. The molecule has 3 aromatic carbocycles. The van der Waals surface area contributed by atoms with Crippen LogP contribution in [-0.4, -0.2) is 54.7 Å². The fourth-order valence-electron chi connectivity index (χ4n) is 5.02. The average molecular weight is 427 g/mol. The lowest BCUT2D eigenvalue weighted by Crippen LogP contribution is -2.60. The van der Waals surface area contributed by atoms with Crippen molar-refractivity contribution in [2.75, 3.05) is 33.3 Å². The quantitative estimate of drug-likeness (QED) is 0.581. The van der Waals surface area contributed by atoms with Gasteiger partial charge in [0.1, 0.15) is 5.75 Å². The number of hydrogen-bond donors (Lipinski definition) is 0. The van der Waals surface area contributed by atoms with Gasteiger partial charge in [-0.2, -0.15) is 0 Å². The summed E-state index contributed by atoms with van der Waals surface area (Å²) >= 11 is 0. The molecule has 0 radical (unpaired) electrons. The summed E-state index contributed by atoms with van der Waals surface area (Å²) in [4.78, 5) is 32.3. The predicted molar refractivity (Wildman–Crippen MR) is 123 cm³/mol. The Labute approximate surface area is 188 Å². The molecule has 1 unspecified atom stereocenters. The van der Waals surface area contributed by atoms with Crippen LogP contribution < -0.4 is 4.74 Å². The zero-order valence-electron chi connectivity index (χ0n) is 18.2. The van der Waals surface area contributed by atoms with Crippen molar-refractivity contribution in [1.29, 1.82) is 0 Å². The van der Waals surface area contributed by atoms with Gasteiger partial charge in [0.15, 0.2) is 17.1 Å². The number of piperazine rings is 1. The number of ketones is 2. The van der Waals surface area contributed by atoms with E-state index in [-0.39, 0.29) is 11.6 Å². The molecule has 0 bridgehead atoms. The number of nitrogens with zero attached hydrogens (tertiary/aromatic N) is 2. The molecule has 32 heavy (non-hydrogen) atoms. The number of rotatable bonds is 5. The van der Waals surface area contributed by atoms with Crippen LogP contribution in [0.25, 0.3) is 0 Å². The van der Waals surface area contributed by atoms with Crippen molar-refractivity contribution < 1.29 is 14.3 Å². The van der Waals surface area contributed by atoms with E-state index in [1.54, 1.807) is 25.3 Å². The Morgan fingerprint density at radius 3 is 2.06 bits per heavy atom. The van der Waals surface area contributed by atoms with Crippen LogP contribution in [0.5, 0.6) is 5.75 Å². The summed E-state index contributed by atoms with van der Waals surface area (Å²) in [5, 5.41) is 0. The van der Waals surface area contributed by atoms with Crippen molar-refractivity contribution >= 4 is 11.6 Å². The van der Waals surface area contributed by atoms with Gasteiger partial charge in [0.2, 0.25) is 0 Å². The second kappa shape index (κ2) is 8.34. The first-order valence-corrected chi connectivity index (χ1v) is 11.0. The minimum absolute atomic E-state index is 0.136. The largest absolute Gasteiger partial charge is 0.497 e. The number of carbonyl (C=O) groups is 2. The molecule has 3 aromatic rings. The molecule has 0 spiro atoms. The molecule has 5 rings (SSSR count). The second-order valence-electron chi connectivity index (χ2n) is 8.39. The summed E-state index contributed by atoms with van der Waals surface area (Å²) in [6, 6.07) is 25.1. The van der Waals surface area contributed by atoms with Crippen LogP contribution in [0.2, 0.25) is 0 Å². The number of carbonyl (C=O) groups excluding carboxylic acids is 2. The molecule has 162 valence electrons. The summed E-state index contributed by atoms with van der Waals surface area (Å²) in [5.74, 6) is 0.295. The third-order valence-corrected chi connectivity index (χ3v) is 6.66. The molecule has 0 saturated carbocycles. The highest BCUT2D eigenvalue weighted by atomic mass is 16.5. The fraction of sp³-hybridized carbons (Fsp3) is 0.259. The highest BCUT2D eigenvalue weighted by Gasteiger charge is 2.58. The topological polar surface area (TPSA) is 49.9 Å². The molecule has 5 nitrogen and oxygen atoms in total. The van der Waals surface area contributed by atoms with Crippen molar-refractivity contribution in [3.63, 3.8) is 0 Å². The second-order valence-corrected chi connectivity index (χ2v) is 8.39. The zero-order valence-corrected chi connectivity index (χ0v) is 18.2. The number of methoxy groups -OCH3 is 1. The molecule has 5 heteroatoms. The van der Waals surface area contributed by atoms with Gasteiger partial charge in [0.25, 0.3) is 0 Å². The summed E-state index contributed by atoms with van der Waals surface area (Å²) in [6.07, 6.45) is 0. The molecule has 1 aliphatic heterocycles. The Hall–Kier alpha value is -3.28. The molecule has 0 N–H and O–H groups in total. The van der Waals surface area contributed by atoms with E-state index >= 15 is 0 Å². The van der Waals surface area contributed by atoms with Gasteiger partial charge in [-0.25, -0.2) is 0 Å². The van der Waals surface area contributed by atoms with E-state index in [1.807, 2.05) is 36.4 Å². The summed E-state index contributed by atoms with van der Waals surface area (Å²) in [7, 11) is 1.57. The van der Waals surface area contributed by atoms with Gasteiger partial charge >= 0.3 is 0 Å². The first kappa shape index (κ1) is 20.6. The molecule has 1 heterocycles. The monoisotopic (exact) mass is 426 g/mol. The molecule has 0 amide bonds. The Bertz CT molecular complexity index is 1140. The van der Waals surface area contributed by atoms with E-state index in [0.29, 0.717) is 30.0 Å². The number of Topliss-reactive ketones (excluding diaryl/α,β-unsaturated/α-hetero) is 2. The number of ether oxygens (including phenoxy) is 1. The molecular formula is C27H26N2O3.